The zero-order valence-corrected chi connectivity index (χ0v) is 17.5. The minimum Gasteiger partial charge on any atom is -0.428 e. The van der Waals surface area contributed by atoms with Crippen LogP contribution in [0.5, 0.6) is 0 Å². The minimum atomic E-state index is -0.511. The Morgan fingerprint density at radius 1 is 1.29 bits per heavy atom. The lowest BCUT2D eigenvalue weighted by Gasteiger charge is -2.14. The summed E-state index contributed by atoms with van der Waals surface area (Å²) in [4.78, 5) is 21.3. The third kappa shape index (κ3) is 4.52. The monoisotopic (exact) mass is 426 g/mol. The first-order valence-electron chi connectivity index (χ1n) is 9.79. The van der Waals surface area contributed by atoms with E-state index < -0.39 is 18.1 Å². The van der Waals surface area contributed by atoms with Crippen molar-refractivity contribution in [3.05, 3.63) is 42.3 Å². The number of anilines is 1. The van der Waals surface area contributed by atoms with Crippen LogP contribution < -0.4 is 10.2 Å². The van der Waals surface area contributed by atoms with Crippen molar-refractivity contribution in [2.24, 2.45) is 0 Å². The van der Waals surface area contributed by atoms with E-state index in [1.165, 1.54) is 15.8 Å². The van der Waals surface area contributed by atoms with Crippen molar-refractivity contribution in [2.45, 2.75) is 12.8 Å². The molecule has 0 spiro atoms. The lowest BCUT2D eigenvalue weighted by atomic mass is 10.1. The number of hydrogen-bond acceptors (Lipinski definition) is 8. The Hall–Kier alpha value is -3.44. The largest absolute Gasteiger partial charge is 0.428 e. The van der Waals surface area contributed by atoms with Crippen LogP contribution in [0.2, 0.25) is 0 Å². The van der Waals surface area contributed by atoms with Crippen LogP contribution in [0.1, 0.15) is 0 Å². The number of carbonyl (C=O) groups is 1. The van der Waals surface area contributed by atoms with E-state index in [1.54, 1.807) is 37.5 Å². The van der Waals surface area contributed by atoms with E-state index in [0.717, 1.165) is 6.54 Å². The molecule has 0 saturated carbocycles. The highest BCUT2D eigenvalue weighted by molar-refractivity contribution is 5.90. The summed E-state index contributed by atoms with van der Waals surface area (Å²) in [6.45, 7) is 1.73. The molecule has 3 heterocycles. The molecule has 0 radical (unpaired) electrons. The topological polar surface area (TPSA) is 101 Å². The maximum absolute atomic E-state index is 14.8. The molecular weight excluding hydrogens is 403 g/mol. The molecule has 1 N–H and O–H groups in total. The predicted molar refractivity (Wildman–Crippen MR) is 112 cm³/mol. The normalized spacial score (nSPS) is 16.2. The van der Waals surface area contributed by atoms with E-state index in [4.69, 9.17) is 4.74 Å². The lowest BCUT2D eigenvalue weighted by molar-refractivity contribution is 0.128. The zero-order valence-electron chi connectivity index (χ0n) is 17.5. The molecule has 1 aliphatic heterocycles. The second-order valence-electron chi connectivity index (χ2n) is 7.38. The number of cyclic esters (lactones) is 1. The SMILES string of the molecule is CN[C@H]1CN(c2ccc(-c3ccc(-c4nnn(CCN(C)C)n4)nc3)c(F)c2)C(=O)O1. The van der Waals surface area contributed by atoms with Gasteiger partial charge in [-0.3, -0.25) is 15.2 Å². The Kier molecular flexibility index (Phi) is 5.87. The molecule has 1 fully saturated rings. The van der Waals surface area contributed by atoms with E-state index >= 15 is 0 Å². The van der Waals surface area contributed by atoms with Crippen LogP contribution in [0, 0.1) is 5.82 Å². The Balaban J connectivity index is 1.50. The Morgan fingerprint density at radius 3 is 2.77 bits per heavy atom. The number of nitrogens with one attached hydrogen (secondary N) is 1. The number of nitrogens with zero attached hydrogens (tertiary/aromatic N) is 7. The van der Waals surface area contributed by atoms with Crippen molar-refractivity contribution in [3.63, 3.8) is 0 Å². The molecule has 10 nitrogen and oxygen atoms in total. The molecule has 0 bridgehead atoms. The van der Waals surface area contributed by atoms with E-state index in [2.05, 4.69) is 25.7 Å². The summed E-state index contributed by atoms with van der Waals surface area (Å²) in [6.07, 6.45) is 0.639. The van der Waals surface area contributed by atoms with Crippen molar-refractivity contribution < 1.29 is 13.9 Å². The number of tetrazole rings is 1. The quantitative estimate of drug-likeness (QED) is 0.608. The maximum atomic E-state index is 14.8. The van der Waals surface area contributed by atoms with Crippen molar-refractivity contribution in [2.75, 3.05) is 39.1 Å². The van der Waals surface area contributed by atoms with Gasteiger partial charge in [-0.05, 0) is 50.6 Å². The Morgan fingerprint density at radius 2 is 2.13 bits per heavy atom. The zero-order chi connectivity index (χ0) is 22.0. The summed E-state index contributed by atoms with van der Waals surface area (Å²) in [5.74, 6) is -0.0479. The highest BCUT2D eigenvalue weighted by Gasteiger charge is 2.31. The molecule has 1 aliphatic rings. The summed E-state index contributed by atoms with van der Waals surface area (Å²) in [5, 5.41) is 15.3. The van der Waals surface area contributed by atoms with Gasteiger partial charge in [0.1, 0.15) is 11.5 Å². The predicted octanol–water partition coefficient (Wildman–Crippen LogP) is 1.60. The molecule has 0 unspecified atom stereocenters. The van der Waals surface area contributed by atoms with Gasteiger partial charge in [-0.1, -0.05) is 6.07 Å². The van der Waals surface area contributed by atoms with Gasteiger partial charge in [0, 0.05) is 23.9 Å². The van der Waals surface area contributed by atoms with Crippen molar-refractivity contribution >= 4 is 11.8 Å². The second-order valence-corrected chi connectivity index (χ2v) is 7.38. The minimum absolute atomic E-state index is 0.312. The first-order chi connectivity index (χ1) is 14.9. The molecular formula is C20H23FN8O2. The molecule has 2 aromatic heterocycles. The summed E-state index contributed by atoms with van der Waals surface area (Å²) in [7, 11) is 5.64. The molecule has 4 rings (SSSR count). The smallest absolute Gasteiger partial charge is 0.416 e. The van der Waals surface area contributed by atoms with E-state index in [9.17, 15) is 9.18 Å². The standard InChI is InChI=1S/C20H23FN8O2/c1-22-18-12-28(20(30)31-18)14-5-6-15(16(21)10-14)13-4-7-17(23-11-13)19-24-26-29(25-19)9-8-27(2)3/h4-7,10-11,18,22H,8-9,12H2,1-3H3/t18-/m1/s1. The maximum Gasteiger partial charge on any atom is 0.416 e. The molecule has 1 aromatic carbocycles. The molecule has 31 heavy (non-hydrogen) atoms. The van der Waals surface area contributed by atoms with Crippen molar-refractivity contribution in [1.82, 2.24) is 35.4 Å². The van der Waals surface area contributed by atoms with Gasteiger partial charge >= 0.3 is 6.09 Å². The lowest BCUT2D eigenvalue weighted by Crippen LogP contribution is -2.30. The highest BCUT2D eigenvalue weighted by Crippen LogP contribution is 2.29. The highest BCUT2D eigenvalue weighted by atomic mass is 19.1. The first kappa shape index (κ1) is 20.8. The second kappa shape index (κ2) is 8.74. The molecule has 3 aromatic rings. The van der Waals surface area contributed by atoms with Crippen LogP contribution in [0.25, 0.3) is 22.6 Å². The van der Waals surface area contributed by atoms with Crippen LogP contribution in [0.15, 0.2) is 36.5 Å². The molecule has 11 heteroatoms. The van der Waals surface area contributed by atoms with Gasteiger partial charge in [0.15, 0.2) is 6.23 Å². The van der Waals surface area contributed by atoms with Gasteiger partial charge in [-0.25, -0.2) is 9.18 Å². The number of amides is 1. The Bertz CT molecular complexity index is 1070. The van der Waals surface area contributed by atoms with Crippen LogP contribution in [-0.4, -0.2) is 76.6 Å². The van der Waals surface area contributed by atoms with E-state index in [1.807, 2.05) is 19.0 Å². The fourth-order valence-corrected chi connectivity index (χ4v) is 3.15. The molecule has 1 saturated heterocycles. The number of benzene rings is 1. The van der Waals surface area contributed by atoms with Gasteiger partial charge < -0.3 is 9.64 Å². The third-order valence-corrected chi connectivity index (χ3v) is 4.90. The molecule has 1 amide bonds. The van der Waals surface area contributed by atoms with Crippen LogP contribution in [-0.2, 0) is 11.3 Å². The van der Waals surface area contributed by atoms with Gasteiger partial charge in [0.25, 0.3) is 0 Å². The summed E-state index contributed by atoms with van der Waals surface area (Å²) in [5.41, 5.74) is 1.97. The number of ether oxygens (including phenoxy) is 1. The van der Waals surface area contributed by atoms with Crippen LogP contribution in [0.3, 0.4) is 0 Å². The fourth-order valence-electron chi connectivity index (χ4n) is 3.15. The molecule has 0 aliphatic carbocycles. The molecule has 1 atom stereocenters. The number of halogens is 1. The van der Waals surface area contributed by atoms with E-state index in [-0.39, 0.29) is 0 Å². The average molecular weight is 426 g/mol. The number of carbonyl (C=O) groups excluding carboxylic acids is 1. The Labute approximate surface area is 178 Å². The summed E-state index contributed by atoms with van der Waals surface area (Å²) < 4.78 is 19.9. The fraction of sp³-hybridized carbons (Fsp3) is 0.350. The van der Waals surface area contributed by atoms with Crippen molar-refractivity contribution in [1.29, 1.82) is 0 Å². The van der Waals surface area contributed by atoms with E-state index in [0.29, 0.717) is 41.4 Å². The number of aromatic nitrogens is 5. The average Bonchev–Trinajstić information content (AvgIpc) is 3.39. The number of likely N-dealkylation sites (N-methyl/N-ethyl adjacent to an activating group) is 2. The van der Waals surface area contributed by atoms with Gasteiger partial charge in [0.2, 0.25) is 5.82 Å². The third-order valence-electron chi connectivity index (χ3n) is 4.90. The van der Waals surface area contributed by atoms with Gasteiger partial charge in [0.05, 0.1) is 18.8 Å². The van der Waals surface area contributed by atoms with Gasteiger partial charge in [-0.15, -0.1) is 10.2 Å². The number of rotatable bonds is 7. The summed E-state index contributed by atoms with van der Waals surface area (Å²) in [6, 6.07) is 8.11. The van der Waals surface area contributed by atoms with Gasteiger partial charge in [-0.2, -0.15) is 4.80 Å². The summed E-state index contributed by atoms with van der Waals surface area (Å²) >= 11 is 0. The molecule has 162 valence electrons. The van der Waals surface area contributed by atoms with Crippen LogP contribution in [0.4, 0.5) is 14.9 Å². The van der Waals surface area contributed by atoms with Crippen molar-refractivity contribution in [3.8, 4) is 22.6 Å². The van der Waals surface area contributed by atoms with Crippen LogP contribution >= 0.6 is 0 Å². The number of hydrogen-bond donors (Lipinski definition) is 1. The first-order valence-corrected chi connectivity index (χ1v) is 9.79. The number of pyridine rings is 1.